The molecule has 0 aliphatic heterocycles. The molecule has 0 bridgehead atoms. The molecule has 0 fully saturated rings. The lowest BCUT2D eigenvalue weighted by molar-refractivity contribution is 0.921. The predicted octanol–water partition coefficient (Wildman–Crippen LogP) is 1.51. The molecule has 0 aliphatic carbocycles. The van der Waals surface area contributed by atoms with Crippen molar-refractivity contribution in [3.05, 3.63) is 0 Å². The average molecular weight is 160 g/mol. The summed E-state index contributed by atoms with van der Waals surface area (Å²) in [6, 6.07) is 0. The Kier molecular flexibility index (Phi) is 3.79. The number of nitrogens with two attached hydrogens (primary N) is 1. The minimum Gasteiger partial charge on any atom is -0.386 e. The van der Waals surface area contributed by atoms with Gasteiger partial charge < -0.3 is 5.73 Å². The lowest BCUT2D eigenvalue weighted by Crippen LogP contribution is -2.35. The summed E-state index contributed by atoms with van der Waals surface area (Å²) in [5, 5.41) is 0. The molecule has 0 amide bonds. The van der Waals surface area contributed by atoms with E-state index in [-0.39, 0.29) is 4.75 Å². The lowest BCUT2D eigenvalue weighted by atomic mass is 10.2. The van der Waals surface area contributed by atoms with Crippen molar-refractivity contribution in [2.45, 2.75) is 25.5 Å². The predicted molar refractivity (Wildman–Crippen MR) is 49.8 cm³/mol. The number of thioether (sulfide) groups is 1. The number of nitrogens with zero attached hydrogens (tertiary/aromatic N) is 1. The van der Waals surface area contributed by atoms with Gasteiger partial charge in [0, 0.05) is 6.54 Å². The Morgan fingerprint density at radius 2 is 2.10 bits per heavy atom. The molecule has 0 atom stereocenters. The molecule has 0 aliphatic rings. The van der Waals surface area contributed by atoms with E-state index in [1.165, 1.54) is 0 Å². The monoisotopic (exact) mass is 160 g/mol. The number of hydrogen-bond donors (Lipinski definition) is 1. The molecule has 0 saturated heterocycles. The maximum Gasteiger partial charge on any atom is 0.109 e. The fourth-order valence-corrected chi connectivity index (χ4v) is 0.739. The van der Waals surface area contributed by atoms with E-state index < -0.39 is 0 Å². The molecule has 10 heavy (non-hydrogen) atoms. The molecule has 0 rings (SSSR count). The van der Waals surface area contributed by atoms with Gasteiger partial charge in [-0.15, -0.1) is 0 Å². The fraction of sp³-hybridized carbons (Fsp3) is 0.857. The van der Waals surface area contributed by atoms with E-state index in [9.17, 15) is 0 Å². The molecule has 0 radical (unpaired) electrons. The van der Waals surface area contributed by atoms with Crippen molar-refractivity contribution in [3.8, 4) is 0 Å². The molecule has 60 valence electrons. The summed E-state index contributed by atoms with van der Waals surface area (Å²) < 4.78 is -0.00396. The fourth-order valence-electron chi connectivity index (χ4n) is 0.465. The first kappa shape index (κ1) is 9.82. The zero-order valence-electron chi connectivity index (χ0n) is 7.14. The third-order valence-corrected chi connectivity index (χ3v) is 2.69. The summed E-state index contributed by atoms with van der Waals surface area (Å²) in [7, 11) is 0. The highest BCUT2D eigenvalue weighted by Gasteiger charge is 2.20. The van der Waals surface area contributed by atoms with Crippen molar-refractivity contribution in [2.24, 2.45) is 10.7 Å². The third-order valence-electron chi connectivity index (χ3n) is 1.46. The summed E-state index contributed by atoms with van der Waals surface area (Å²) in [5.74, 6) is 0.738. The molecular formula is C7H16N2S. The first-order chi connectivity index (χ1) is 4.54. The highest BCUT2D eigenvalue weighted by Crippen LogP contribution is 2.20. The van der Waals surface area contributed by atoms with E-state index in [0.29, 0.717) is 0 Å². The summed E-state index contributed by atoms with van der Waals surface area (Å²) in [6.45, 7) is 6.91. The Morgan fingerprint density at radius 3 is 2.40 bits per heavy atom. The van der Waals surface area contributed by atoms with Gasteiger partial charge in [-0.3, -0.25) is 4.99 Å². The summed E-state index contributed by atoms with van der Waals surface area (Å²) in [4.78, 5) is 4.14. The highest BCUT2D eigenvalue weighted by atomic mass is 32.2. The SMILES string of the molecule is CCN=C(N)C(C)(C)SC. The van der Waals surface area contributed by atoms with Crippen LogP contribution < -0.4 is 5.73 Å². The van der Waals surface area contributed by atoms with Crippen LogP contribution in [-0.4, -0.2) is 23.4 Å². The van der Waals surface area contributed by atoms with E-state index in [0.717, 1.165) is 12.4 Å². The van der Waals surface area contributed by atoms with Crippen LogP contribution in [0.3, 0.4) is 0 Å². The number of amidine groups is 1. The molecule has 0 aromatic heterocycles. The van der Waals surface area contributed by atoms with Crippen molar-refractivity contribution in [2.75, 3.05) is 12.8 Å². The third kappa shape index (κ3) is 2.60. The molecule has 0 spiro atoms. The van der Waals surface area contributed by atoms with Crippen LogP contribution in [0.2, 0.25) is 0 Å². The standard InChI is InChI=1S/C7H16N2S/c1-5-9-6(8)7(2,3)10-4/h5H2,1-4H3,(H2,8,9). The summed E-state index contributed by atoms with van der Waals surface area (Å²) in [6.07, 6.45) is 2.04. The quantitative estimate of drug-likeness (QED) is 0.502. The second-order valence-corrected chi connectivity index (χ2v) is 4.00. The maximum absolute atomic E-state index is 5.70. The van der Waals surface area contributed by atoms with Gasteiger partial charge in [-0.1, -0.05) is 0 Å². The molecule has 2 nitrogen and oxygen atoms in total. The Balaban J connectivity index is 4.17. The minimum absolute atomic E-state index is 0.00396. The molecule has 2 N–H and O–H groups in total. The Morgan fingerprint density at radius 1 is 1.60 bits per heavy atom. The normalized spacial score (nSPS) is 13.8. The number of aliphatic imine (C=N–C) groups is 1. The van der Waals surface area contributed by atoms with E-state index in [1.807, 2.05) is 13.2 Å². The topological polar surface area (TPSA) is 38.4 Å². The number of rotatable bonds is 3. The smallest absolute Gasteiger partial charge is 0.109 e. The Hall–Kier alpha value is -0.180. The van der Waals surface area contributed by atoms with E-state index in [4.69, 9.17) is 5.73 Å². The van der Waals surface area contributed by atoms with E-state index >= 15 is 0 Å². The van der Waals surface area contributed by atoms with Gasteiger partial charge in [0.1, 0.15) is 5.84 Å². The molecule has 3 heteroatoms. The molecule has 0 unspecified atom stereocenters. The average Bonchev–Trinajstić information content (AvgIpc) is 1.89. The minimum atomic E-state index is -0.00396. The molecule has 0 heterocycles. The van der Waals surface area contributed by atoms with Gasteiger partial charge in [0.05, 0.1) is 4.75 Å². The van der Waals surface area contributed by atoms with Gasteiger partial charge in [-0.2, -0.15) is 11.8 Å². The zero-order chi connectivity index (χ0) is 8.20. The maximum atomic E-state index is 5.70. The number of hydrogen-bond acceptors (Lipinski definition) is 2. The molecule has 0 aromatic carbocycles. The largest absolute Gasteiger partial charge is 0.386 e. The summed E-state index contributed by atoms with van der Waals surface area (Å²) >= 11 is 1.72. The van der Waals surface area contributed by atoms with Crippen molar-refractivity contribution < 1.29 is 0 Å². The van der Waals surface area contributed by atoms with Gasteiger partial charge in [0.15, 0.2) is 0 Å². The summed E-state index contributed by atoms with van der Waals surface area (Å²) in [5.41, 5.74) is 5.70. The van der Waals surface area contributed by atoms with E-state index in [1.54, 1.807) is 11.8 Å². The van der Waals surface area contributed by atoms with Crippen molar-refractivity contribution in [1.82, 2.24) is 0 Å². The van der Waals surface area contributed by atoms with Crippen LogP contribution in [0.5, 0.6) is 0 Å². The van der Waals surface area contributed by atoms with Crippen LogP contribution >= 0.6 is 11.8 Å². The van der Waals surface area contributed by atoms with Crippen LogP contribution in [-0.2, 0) is 0 Å². The van der Waals surface area contributed by atoms with Gasteiger partial charge >= 0.3 is 0 Å². The van der Waals surface area contributed by atoms with Crippen molar-refractivity contribution in [3.63, 3.8) is 0 Å². The lowest BCUT2D eigenvalue weighted by Gasteiger charge is -2.20. The Bertz CT molecular complexity index is 130. The first-order valence-electron chi connectivity index (χ1n) is 3.40. The van der Waals surface area contributed by atoms with Gasteiger partial charge in [-0.05, 0) is 27.0 Å². The van der Waals surface area contributed by atoms with Gasteiger partial charge in [0.2, 0.25) is 0 Å². The van der Waals surface area contributed by atoms with Crippen LogP contribution in [0.4, 0.5) is 0 Å². The van der Waals surface area contributed by atoms with Gasteiger partial charge in [-0.25, -0.2) is 0 Å². The van der Waals surface area contributed by atoms with Crippen LogP contribution in [0, 0.1) is 0 Å². The molecular weight excluding hydrogens is 144 g/mol. The first-order valence-corrected chi connectivity index (χ1v) is 4.62. The van der Waals surface area contributed by atoms with Gasteiger partial charge in [0.25, 0.3) is 0 Å². The van der Waals surface area contributed by atoms with Crippen molar-refractivity contribution >= 4 is 17.6 Å². The second kappa shape index (κ2) is 3.86. The van der Waals surface area contributed by atoms with Crippen LogP contribution in [0.1, 0.15) is 20.8 Å². The Labute approximate surface area is 67.3 Å². The van der Waals surface area contributed by atoms with Crippen LogP contribution in [0.15, 0.2) is 4.99 Å². The molecule has 0 aromatic rings. The molecule has 0 saturated carbocycles. The van der Waals surface area contributed by atoms with E-state index in [2.05, 4.69) is 18.8 Å². The van der Waals surface area contributed by atoms with Crippen LogP contribution in [0.25, 0.3) is 0 Å². The second-order valence-electron chi connectivity index (χ2n) is 2.57. The zero-order valence-corrected chi connectivity index (χ0v) is 7.96. The van der Waals surface area contributed by atoms with Crippen molar-refractivity contribution in [1.29, 1.82) is 0 Å². The highest BCUT2D eigenvalue weighted by molar-refractivity contribution is 8.00.